The lowest BCUT2D eigenvalue weighted by atomic mass is 10.00. The predicted octanol–water partition coefficient (Wildman–Crippen LogP) is 3.99. The summed E-state index contributed by atoms with van der Waals surface area (Å²) < 4.78 is 7.32. The van der Waals surface area contributed by atoms with Gasteiger partial charge in [0, 0.05) is 35.1 Å². The number of aryl methyl sites for hydroxylation is 2. The average Bonchev–Trinajstić information content (AvgIpc) is 3.02. The summed E-state index contributed by atoms with van der Waals surface area (Å²) in [5, 5.41) is 11.2. The fourth-order valence-corrected chi connectivity index (χ4v) is 3.49. The van der Waals surface area contributed by atoms with Crippen LogP contribution in [0.25, 0.3) is 5.82 Å². The zero-order valence-electron chi connectivity index (χ0n) is 14.7. The first-order chi connectivity index (χ1) is 11.0. The van der Waals surface area contributed by atoms with Gasteiger partial charge in [0.25, 0.3) is 0 Å². The third-order valence-electron chi connectivity index (χ3n) is 4.79. The van der Waals surface area contributed by atoms with Gasteiger partial charge in [-0.2, -0.15) is 5.10 Å². The number of piperidine rings is 1. The molecule has 5 nitrogen and oxygen atoms in total. The van der Waals surface area contributed by atoms with E-state index in [1.54, 1.807) is 0 Å². The molecule has 3 heterocycles. The summed E-state index contributed by atoms with van der Waals surface area (Å²) in [6, 6.07) is 5.13. The molecule has 1 aliphatic heterocycles. The van der Waals surface area contributed by atoms with E-state index in [4.69, 9.17) is 9.62 Å². The monoisotopic (exact) mass is 314 g/mol. The van der Waals surface area contributed by atoms with Gasteiger partial charge in [-0.15, -0.1) is 0 Å². The molecule has 0 aliphatic carbocycles. The van der Waals surface area contributed by atoms with E-state index >= 15 is 0 Å². The van der Waals surface area contributed by atoms with Gasteiger partial charge in [-0.05, 0) is 59.9 Å². The van der Waals surface area contributed by atoms with Crippen molar-refractivity contribution in [2.75, 3.05) is 0 Å². The molecule has 0 spiro atoms. The van der Waals surface area contributed by atoms with Gasteiger partial charge in [-0.25, -0.2) is 0 Å². The summed E-state index contributed by atoms with van der Waals surface area (Å²) in [6.45, 7) is 10.6. The zero-order chi connectivity index (χ0) is 16.6. The number of hydrogen-bond acceptors (Lipinski definition) is 4. The van der Waals surface area contributed by atoms with Crippen LogP contribution in [0, 0.1) is 20.8 Å². The molecule has 0 unspecified atom stereocenters. The van der Waals surface area contributed by atoms with Gasteiger partial charge in [0.2, 0.25) is 0 Å². The first kappa shape index (κ1) is 15.8. The molecule has 0 radical (unpaired) electrons. The first-order valence-corrected chi connectivity index (χ1v) is 8.42. The van der Waals surface area contributed by atoms with Crippen LogP contribution in [0.15, 0.2) is 21.8 Å². The van der Waals surface area contributed by atoms with Crippen LogP contribution in [0.1, 0.15) is 55.8 Å². The maximum Gasteiger partial charge on any atom is 0.180 e. The number of nitrogens with zero attached hydrogens (tertiary/aromatic N) is 4. The van der Waals surface area contributed by atoms with Crippen molar-refractivity contribution in [3.8, 4) is 5.82 Å². The SMILES string of the molecule is Cc1cc(-n2c(C)cc(/C=N\N3[C@H](C)CCC[C@@H]3C)c2C)no1. The minimum Gasteiger partial charge on any atom is -0.360 e. The van der Waals surface area contributed by atoms with Gasteiger partial charge in [0.05, 0.1) is 6.21 Å². The largest absolute Gasteiger partial charge is 0.360 e. The third-order valence-corrected chi connectivity index (χ3v) is 4.79. The number of hydrogen-bond donors (Lipinski definition) is 0. The molecule has 0 bridgehead atoms. The van der Waals surface area contributed by atoms with Crippen LogP contribution in [0.5, 0.6) is 0 Å². The Morgan fingerprint density at radius 3 is 2.48 bits per heavy atom. The molecule has 1 saturated heterocycles. The predicted molar refractivity (Wildman–Crippen MR) is 92.2 cm³/mol. The maximum atomic E-state index is 5.21. The molecule has 5 heteroatoms. The lowest BCUT2D eigenvalue weighted by molar-refractivity contribution is 0.109. The normalized spacial score (nSPS) is 22.2. The molecule has 0 aromatic carbocycles. The molecule has 0 saturated carbocycles. The summed E-state index contributed by atoms with van der Waals surface area (Å²) in [4.78, 5) is 0. The topological polar surface area (TPSA) is 46.6 Å². The van der Waals surface area contributed by atoms with Crippen LogP contribution in [-0.2, 0) is 0 Å². The standard InChI is InChI=1S/C18H26N4O/c1-12-7-6-8-13(2)22(12)19-11-17-9-14(3)21(16(17)5)18-10-15(4)23-20-18/h9-13H,6-8H2,1-5H3/b19-11-/t12-,13+. The summed E-state index contributed by atoms with van der Waals surface area (Å²) in [5.74, 6) is 1.65. The lowest BCUT2D eigenvalue weighted by Crippen LogP contribution is -2.39. The van der Waals surface area contributed by atoms with Crippen molar-refractivity contribution < 1.29 is 4.52 Å². The highest BCUT2D eigenvalue weighted by Gasteiger charge is 2.23. The number of rotatable bonds is 3. The average molecular weight is 314 g/mol. The van der Waals surface area contributed by atoms with Crippen molar-refractivity contribution in [3.63, 3.8) is 0 Å². The van der Waals surface area contributed by atoms with Crippen molar-refractivity contribution >= 4 is 6.21 Å². The van der Waals surface area contributed by atoms with Gasteiger partial charge in [0.1, 0.15) is 5.76 Å². The summed E-state index contributed by atoms with van der Waals surface area (Å²) in [6.07, 6.45) is 5.73. The van der Waals surface area contributed by atoms with Crippen LogP contribution in [0.2, 0.25) is 0 Å². The van der Waals surface area contributed by atoms with E-state index < -0.39 is 0 Å². The Balaban J connectivity index is 1.88. The first-order valence-electron chi connectivity index (χ1n) is 8.42. The molecule has 0 N–H and O–H groups in total. The van der Waals surface area contributed by atoms with E-state index in [-0.39, 0.29) is 0 Å². The molecule has 2 aromatic heterocycles. The van der Waals surface area contributed by atoms with Crippen LogP contribution in [0.3, 0.4) is 0 Å². The van der Waals surface area contributed by atoms with Gasteiger partial charge in [0.15, 0.2) is 5.82 Å². The van der Waals surface area contributed by atoms with Crippen LogP contribution in [-0.4, -0.2) is 33.0 Å². The smallest absolute Gasteiger partial charge is 0.180 e. The quantitative estimate of drug-likeness (QED) is 0.805. The van der Waals surface area contributed by atoms with Crippen molar-refractivity contribution in [1.29, 1.82) is 0 Å². The summed E-state index contributed by atoms with van der Waals surface area (Å²) in [7, 11) is 0. The molecular weight excluding hydrogens is 288 g/mol. The fraction of sp³-hybridized carbons (Fsp3) is 0.556. The summed E-state index contributed by atoms with van der Waals surface area (Å²) >= 11 is 0. The van der Waals surface area contributed by atoms with Crippen molar-refractivity contribution in [2.24, 2.45) is 5.10 Å². The van der Waals surface area contributed by atoms with Gasteiger partial charge in [-0.3, -0.25) is 9.58 Å². The van der Waals surface area contributed by atoms with Crippen LogP contribution >= 0.6 is 0 Å². The molecule has 0 amide bonds. The molecule has 3 rings (SSSR count). The van der Waals surface area contributed by atoms with E-state index in [2.05, 4.69) is 48.5 Å². The second kappa shape index (κ2) is 6.22. The Morgan fingerprint density at radius 1 is 1.17 bits per heavy atom. The molecule has 1 fully saturated rings. The molecule has 2 aromatic rings. The highest BCUT2D eigenvalue weighted by Crippen LogP contribution is 2.24. The van der Waals surface area contributed by atoms with E-state index in [1.807, 2.05) is 19.2 Å². The van der Waals surface area contributed by atoms with Crippen molar-refractivity contribution in [2.45, 2.75) is 66.0 Å². The Morgan fingerprint density at radius 2 is 1.87 bits per heavy atom. The van der Waals surface area contributed by atoms with Crippen molar-refractivity contribution in [1.82, 2.24) is 14.7 Å². The number of hydrazone groups is 1. The van der Waals surface area contributed by atoms with E-state index in [1.165, 1.54) is 19.3 Å². The zero-order valence-corrected chi connectivity index (χ0v) is 14.7. The number of aromatic nitrogens is 2. The Labute approximate surface area is 138 Å². The maximum absolute atomic E-state index is 5.21. The molecule has 124 valence electrons. The highest BCUT2D eigenvalue weighted by atomic mass is 16.5. The van der Waals surface area contributed by atoms with Crippen molar-refractivity contribution in [3.05, 3.63) is 34.8 Å². The van der Waals surface area contributed by atoms with Crippen LogP contribution < -0.4 is 0 Å². The van der Waals surface area contributed by atoms with E-state index in [0.717, 1.165) is 28.5 Å². The van der Waals surface area contributed by atoms with Gasteiger partial charge < -0.3 is 4.52 Å². The second-order valence-corrected chi connectivity index (χ2v) is 6.71. The highest BCUT2D eigenvalue weighted by molar-refractivity contribution is 5.82. The molecule has 1 aliphatic rings. The Kier molecular flexibility index (Phi) is 4.28. The second-order valence-electron chi connectivity index (χ2n) is 6.71. The minimum atomic E-state index is 0.511. The molecule has 2 atom stereocenters. The fourth-order valence-electron chi connectivity index (χ4n) is 3.49. The summed E-state index contributed by atoms with van der Waals surface area (Å²) in [5.41, 5.74) is 3.40. The van der Waals surface area contributed by atoms with Crippen LogP contribution in [0.4, 0.5) is 0 Å². The molecular formula is C18H26N4O. The van der Waals surface area contributed by atoms with E-state index in [0.29, 0.717) is 12.1 Å². The van der Waals surface area contributed by atoms with E-state index in [9.17, 15) is 0 Å². The minimum absolute atomic E-state index is 0.511. The Hall–Kier alpha value is -2.04. The van der Waals surface area contributed by atoms with Gasteiger partial charge >= 0.3 is 0 Å². The third kappa shape index (κ3) is 3.05. The van der Waals surface area contributed by atoms with Gasteiger partial charge in [-0.1, -0.05) is 5.16 Å². The Bertz CT molecular complexity index is 703. The molecule has 23 heavy (non-hydrogen) atoms. The lowest BCUT2D eigenvalue weighted by Gasteiger charge is -2.36.